The van der Waals surface area contributed by atoms with Gasteiger partial charge in [-0.3, -0.25) is 4.79 Å². The summed E-state index contributed by atoms with van der Waals surface area (Å²) in [7, 11) is 1.48. The molecule has 2 heteroatoms. The van der Waals surface area contributed by atoms with Crippen molar-refractivity contribution in [3.63, 3.8) is 0 Å². The number of unbranched alkanes of at least 4 members (excludes halogenated alkanes) is 13. The highest BCUT2D eigenvalue weighted by molar-refractivity contribution is 5.69. The summed E-state index contributed by atoms with van der Waals surface area (Å²) in [4.78, 5) is 11.2. The molecule has 2 nitrogen and oxygen atoms in total. The number of hydrogen-bond acceptors (Lipinski definition) is 2. The fraction of sp³-hybridized carbons (Fsp3) is 0.957. The highest BCUT2D eigenvalue weighted by atomic mass is 16.5. The normalized spacial score (nSPS) is 11.7. The summed E-state index contributed by atoms with van der Waals surface area (Å²) in [6.07, 6.45) is 22.4. The predicted molar refractivity (Wildman–Crippen MR) is 110 cm³/mol. The number of ether oxygens (including phenoxy) is 1. The standard InChI is InChI=1S/C23H46O2/c1-5-6-7-8-9-10-11-12-13-14-15-16-17-18-20-23(2,3)21-19-22(24)25-4/h5-21H2,1-4H3. The van der Waals surface area contributed by atoms with Gasteiger partial charge in [-0.2, -0.15) is 0 Å². The molecule has 0 atom stereocenters. The summed E-state index contributed by atoms with van der Waals surface area (Å²) in [5.41, 5.74) is 0.269. The molecule has 0 aromatic rings. The van der Waals surface area contributed by atoms with Gasteiger partial charge in [0.05, 0.1) is 7.11 Å². The summed E-state index contributed by atoms with van der Waals surface area (Å²) in [6, 6.07) is 0. The number of carbonyl (C=O) groups is 1. The van der Waals surface area contributed by atoms with E-state index in [1.54, 1.807) is 0 Å². The van der Waals surface area contributed by atoms with Crippen LogP contribution in [0.1, 0.15) is 130 Å². The smallest absolute Gasteiger partial charge is 0.305 e. The molecular formula is C23H46O2. The second kappa shape index (κ2) is 16.9. The van der Waals surface area contributed by atoms with E-state index >= 15 is 0 Å². The van der Waals surface area contributed by atoms with Crippen LogP contribution in [0.15, 0.2) is 0 Å². The minimum atomic E-state index is -0.0750. The van der Waals surface area contributed by atoms with Crippen molar-refractivity contribution in [2.45, 2.75) is 130 Å². The Morgan fingerprint density at radius 2 is 1.08 bits per heavy atom. The molecule has 0 amide bonds. The lowest BCUT2D eigenvalue weighted by Crippen LogP contribution is -2.14. The maximum atomic E-state index is 11.2. The molecule has 0 saturated carbocycles. The van der Waals surface area contributed by atoms with Crippen LogP contribution in [0.2, 0.25) is 0 Å². The van der Waals surface area contributed by atoms with Gasteiger partial charge < -0.3 is 4.74 Å². The number of hydrogen-bond donors (Lipinski definition) is 0. The lowest BCUT2D eigenvalue weighted by Gasteiger charge is -2.23. The molecule has 25 heavy (non-hydrogen) atoms. The van der Waals surface area contributed by atoms with Gasteiger partial charge in [-0.05, 0) is 18.3 Å². The average Bonchev–Trinajstić information content (AvgIpc) is 2.60. The molecule has 0 heterocycles. The van der Waals surface area contributed by atoms with Gasteiger partial charge >= 0.3 is 5.97 Å². The number of carbonyl (C=O) groups excluding carboxylic acids is 1. The Labute approximate surface area is 158 Å². The van der Waals surface area contributed by atoms with Crippen LogP contribution < -0.4 is 0 Å². The summed E-state index contributed by atoms with van der Waals surface area (Å²) in [6.45, 7) is 6.84. The highest BCUT2D eigenvalue weighted by Gasteiger charge is 2.18. The zero-order valence-electron chi connectivity index (χ0n) is 17.8. The Bertz CT molecular complexity index is 296. The van der Waals surface area contributed by atoms with Crippen molar-refractivity contribution in [2.75, 3.05) is 7.11 Å². The molecule has 0 rings (SSSR count). The van der Waals surface area contributed by atoms with E-state index in [0.717, 1.165) is 6.42 Å². The molecule has 0 unspecified atom stereocenters. The third-order valence-electron chi connectivity index (χ3n) is 5.44. The topological polar surface area (TPSA) is 26.3 Å². The first-order valence-electron chi connectivity index (χ1n) is 11.1. The number of rotatable bonds is 18. The lowest BCUT2D eigenvalue weighted by atomic mass is 9.82. The molecule has 0 bridgehead atoms. The average molecular weight is 355 g/mol. The number of methoxy groups -OCH3 is 1. The van der Waals surface area contributed by atoms with Gasteiger partial charge in [-0.15, -0.1) is 0 Å². The predicted octanol–water partition coefficient (Wildman–Crippen LogP) is 7.84. The van der Waals surface area contributed by atoms with Crippen molar-refractivity contribution in [1.29, 1.82) is 0 Å². The van der Waals surface area contributed by atoms with Crippen LogP contribution in [0.25, 0.3) is 0 Å². The van der Waals surface area contributed by atoms with Gasteiger partial charge in [0.1, 0.15) is 0 Å². The zero-order valence-corrected chi connectivity index (χ0v) is 17.8. The fourth-order valence-corrected chi connectivity index (χ4v) is 3.47. The van der Waals surface area contributed by atoms with Gasteiger partial charge in [-0.1, -0.05) is 111 Å². The van der Waals surface area contributed by atoms with Crippen LogP contribution >= 0.6 is 0 Å². The Morgan fingerprint density at radius 3 is 1.48 bits per heavy atom. The van der Waals surface area contributed by atoms with Gasteiger partial charge in [0.15, 0.2) is 0 Å². The summed E-state index contributed by atoms with van der Waals surface area (Å²) in [5, 5.41) is 0. The Hall–Kier alpha value is -0.530. The van der Waals surface area contributed by atoms with Crippen LogP contribution in [-0.4, -0.2) is 13.1 Å². The van der Waals surface area contributed by atoms with E-state index in [2.05, 4.69) is 20.8 Å². The minimum Gasteiger partial charge on any atom is -0.469 e. The van der Waals surface area contributed by atoms with Crippen molar-refractivity contribution in [2.24, 2.45) is 5.41 Å². The maximum Gasteiger partial charge on any atom is 0.305 e. The molecule has 0 N–H and O–H groups in total. The first-order valence-corrected chi connectivity index (χ1v) is 11.1. The van der Waals surface area contributed by atoms with E-state index in [-0.39, 0.29) is 11.4 Å². The van der Waals surface area contributed by atoms with E-state index in [0.29, 0.717) is 6.42 Å². The summed E-state index contributed by atoms with van der Waals surface area (Å²) in [5.74, 6) is -0.0750. The van der Waals surface area contributed by atoms with Crippen LogP contribution in [0.3, 0.4) is 0 Å². The van der Waals surface area contributed by atoms with E-state index in [4.69, 9.17) is 4.74 Å². The molecule has 150 valence electrons. The van der Waals surface area contributed by atoms with Crippen LogP contribution in [0.5, 0.6) is 0 Å². The largest absolute Gasteiger partial charge is 0.469 e. The molecule has 0 saturated heterocycles. The third kappa shape index (κ3) is 18.1. The van der Waals surface area contributed by atoms with Crippen molar-refractivity contribution in [1.82, 2.24) is 0 Å². The van der Waals surface area contributed by atoms with E-state index in [1.165, 1.54) is 103 Å². The van der Waals surface area contributed by atoms with Gasteiger partial charge in [-0.25, -0.2) is 0 Å². The van der Waals surface area contributed by atoms with E-state index in [9.17, 15) is 4.79 Å². The van der Waals surface area contributed by atoms with E-state index in [1.807, 2.05) is 0 Å². The first kappa shape index (κ1) is 24.5. The van der Waals surface area contributed by atoms with E-state index < -0.39 is 0 Å². The molecule has 0 spiro atoms. The number of esters is 1. The van der Waals surface area contributed by atoms with Gasteiger partial charge in [0.25, 0.3) is 0 Å². The molecule has 0 aromatic carbocycles. The molecule has 0 aromatic heterocycles. The molecule has 0 aliphatic rings. The second-order valence-electron chi connectivity index (χ2n) is 8.59. The third-order valence-corrected chi connectivity index (χ3v) is 5.44. The molecule has 0 aliphatic carbocycles. The monoisotopic (exact) mass is 354 g/mol. The van der Waals surface area contributed by atoms with Crippen LogP contribution in [0.4, 0.5) is 0 Å². The molecule has 0 radical (unpaired) electrons. The molecule has 0 aliphatic heterocycles. The van der Waals surface area contributed by atoms with Crippen molar-refractivity contribution >= 4 is 5.97 Å². The minimum absolute atomic E-state index is 0.0750. The lowest BCUT2D eigenvalue weighted by molar-refractivity contribution is -0.141. The summed E-state index contributed by atoms with van der Waals surface area (Å²) < 4.78 is 4.73. The zero-order chi connectivity index (χ0) is 18.8. The Balaban J connectivity index is 3.29. The first-order chi connectivity index (χ1) is 12.0. The Morgan fingerprint density at radius 1 is 0.680 bits per heavy atom. The maximum absolute atomic E-state index is 11.2. The SMILES string of the molecule is CCCCCCCCCCCCCCCCC(C)(C)CCC(=O)OC. The van der Waals surface area contributed by atoms with Crippen molar-refractivity contribution in [3.8, 4) is 0 Å². The fourth-order valence-electron chi connectivity index (χ4n) is 3.47. The van der Waals surface area contributed by atoms with Gasteiger partial charge in [0.2, 0.25) is 0 Å². The van der Waals surface area contributed by atoms with Crippen molar-refractivity contribution < 1.29 is 9.53 Å². The quantitative estimate of drug-likeness (QED) is 0.185. The van der Waals surface area contributed by atoms with Crippen LogP contribution in [0, 0.1) is 5.41 Å². The second-order valence-corrected chi connectivity index (χ2v) is 8.59. The molecular weight excluding hydrogens is 308 g/mol. The van der Waals surface area contributed by atoms with Gasteiger partial charge in [0, 0.05) is 6.42 Å². The van der Waals surface area contributed by atoms with Crippen LogP contribution in [-0.2, 0) is 9.53 Å². The Kier molecular flexibility index (Phi) is 16.6. The summed E-state index contributed by atoms with van der Waals surface area (Å²) >= 11 is 0. The molecule has 0 fully saturated rings. The highest BCUT2D eigenvalue weighted by Crippen LogP contribution is 2.29. The van der Waals surface area contributed by atoms with Crippen molar-refractivity contribution in [3.05, 3.63) is 0 Å².